The fourth-order valence-corrected chi connectivity index (χ4v) is 2.72. The fraction of sp³-hybridized carbons (Fsp3) is 0.600. The highest BCUT2D eigenvalue weighted by molar-refractivity contribution is 5.35. The van der Waals surface area contributed by atoms with E-state index in [1.807, 2.05) is 6.07 Å². The van der Waals surface area contributed by atoms with E-state index in [2.05, 4.69) is 36.8 Å². The van der Waals surface area contributed by atoms with Gasteiger partial charge in [0.05, 0.1) is 0 Å². The molecule has 2 rings (SSSR count). The predicted octanol–water partition coefficient (Wildman–Crippen LogP) is 2.23. The first-order chi connectivity index (χ1) is 8.56. The van der Waals surface area contributed by atoms with Gasteiger partial charge in [0.15, 0.2) is 0 Å². The Morgan fingerprint density at radius 3 is 2.89 bits per heavy atom. The third kappa shape index (κ3) is 3.24. The molecule has 3 heteroatoms. The van der Waals surface area contributed by atoms with E-state index in [0.29, 0.717) is 11.8 Å². The van der Waals surface area contributed by atoms with Gasteiger partial charge in [-0.3, -0.25) is 4.90 Å². The molecule has 1 aromatic rings. The lowest BCUT2D eigenvalue weighted by Crippen LogP contribution is -2.37. The Morgan fingerprint density at radius 2 is 2.11 bits per heavy atom. The van der Waals surface area contributed by atoms with Crippen molar-refractivity contribution in [2.45, 2.75) is 32.9 Å². The van der Waals surface area contributed by atoms with Gasteiger partial charge >= 0.3 is 0 Å². The number of phenols is 1. The third-order valence-corrected chi connectivity index (χ3v) is 3.79. The van der Waals surface area contributed by atoms with Gasteiger partial charge in [-0.15, -0.1) is 0 Å². The largest absolute Gasteiger partial charge is 0.508 e. The molecule has 0 aromatic heterocycles. The average Bonchev–Trinajstić information content (AvgIpc) is 2.46. The number of rotatable bonds is 2. The highest BCUT2D eigenvalue weighted by Gasteiger charge is 2.20. The summed E-state index contributed by atoms with van der Waals surface area (Å²) >= 11 is 0. The molecule has 100 valence electrons. The standard InChI is InChI=1S/C15H24N2O/c1-12-5-6-15(18)14(9-12)11-17-8-4-7-16(3)10-13(17)2/h5-6,9,13,18H,4,7-8,10-11H2,1-3H3. The summed E-state index contributed by atoms with van der Waals surface area (Å²) < 4.78 is 0. The molecule has 0 saturated carbocycles. The third-order valence-electron chi connectivity index (χ3n) is 3.79. The summed E-state index contributed by atoms with van der Waals surface area (Å²) in [6.45, 7) is 8.58. The van der Waals surface area contributed by atoms with Crippen LogP contribution in [-0.2, 0) is 6.54 Å². The second kappa shape index (κ2) is 5.72. The van der Waals surface area contributed by atoms with Gasteiger partial charge in [0.1, 0.15) is 5.75 Å². The lowest BCUT2D eigenvalue weighted by molar-refractivity contribution is 0.193. The van der Waals surface area contributed by atoms with Crippen LogP contribution in [0.25, 0.3) is 0 Å². The highest BCUT2D eigenvalue weighted by Crippen LogP contribution is 2.22. The van der Waals surface area contributed by atoms with Gasteiger partial charge in [0.25, 0.3) is 0 Å². The molecule has 1 fully saturated rings. The van der Waals surface area contributed by atoms with E-state index in [-0.39, 0.29) is 0 Å². The molecule has 1 aromatic carbocycles. The zero-order chi connectivity index (χ0) is 13.1. The topological polar surface area (TPSA) is 26.7 Å². The number of phenolic OH excluding ortho intramolecular Hbond substituents is 1. The molecular formula is C15H24N2O. The van der Waals surface area contributed by atoms with Crippen LogP contribution in [0.4, 0.5) is 0 Å². The molecule has 1 N–H and O–H groups in total. The second-order valence-corrected chi connectivity index (χ2v) is 5.57. The molecule has 0 aliphatic carbocycles. The molecule has 1 aliphatic heterocycles. The first-order valence-corrected chi connectivity index (χ1v) is 6.77. The van der Waals surface area contributed by atoms with Crippen molar-refractivity contribution in [1.82, 2.24) is 9.80 Å². The second-order valence-electron chi connectivity index (χ2n) is 5.57. The maximum absolute atomic E-state index is 9.94. The van der Waals surface area contributed by atoms with E-state index >= 15 is 0 Å². The van der Waals surface area contributed by atoms with E-state index in [1.54, 1.807) is 6.07 Å². The van der Waals surface area contributed by atoms with E-state index in [1.165, 1.54) is 18.5 Å². The van der Waals surface area contributed by atoms with Gasteiger partial charge in [-0.2, -0.15) is 0 Å². The van der Waals surface area contributed by atoms with Gasteiger partial charge in [-0.05, 0) is 39.9 Å². The number of likely N-dealkylation sites (N-methyl/N-ethyl adjacent to an activating group) is 1. The van der Waals surface area contributed by atoms with Crippen LogP contribution in [-0.4, -0.2) is 47.6 Å². The van der Waals surface area contributed by atoms with Crippen LogP contribution in [0.15, 0.2) is 18.2 Å². The van der Waals surface area contributed by atoms with Gasteiger partial charge < -0.3 is 10.0 Å². The Morgan fingerprint density at radius 1 is 1.33 bits per heavy atom. The number of aryl methyl sites for hydroxylation is 1. The quantitative estimate of drug-likeness (QED) is 0.869. The van der Waals surface area contributed by atoms with Crippen molar-refractivity contribution < 1.29 is 5.11 Å². The minimum Gasteiger partial charge on any atom is -0.508 e. The molecule has 1 heterocycles. The number of nitrogens with zero attached hydrogens (tertiary/aromatic N) is 2. The minimum atomic E-state index is 0.422. The Kier molecular flexibility index (Phi) is 4.25. The summed E-state index contributed by atoms with van der Waals surface area (Å²) in [5.74, 6) is 0.422. The van der Waals surface area contributed by atoms with Crippen LogP contribution in [0, 0.1) is 6.92 Å². The van der Waals surface area contributed by atoms with Crippen molar-refractivity contribution in [2.75, 3.05) is 26.7 Å². The first-order valence-electron chi connectivity index (χ1n) is 6.77. The van der Waals surface area contributed by atoms with Crippen molar-refractivity contribution in [2.24, 2.45) is 0 Å². The molecule has 1 atom stereocenters. The molecule has 3 nitrogen and oxygen atoms in total. The van der Waals surface area contributed by atoms with Crippen molar-refractivity contribution >= 4 is 0 Å². The van der Waals surface area contributed by atoms with Crippen LogP contribution in [0.1, 0.15) is 24.5 Å². The zero-order valence-corrected chi connectivity index (χ0v) is 11.7. The van der Waals surface area contributed by atoms with Gasteiger partial charge in [0, 0.05) is 31.2 Å². The minimum absolute atomic E-state index is 0.422. The Hall–Kier alpha value is -1.06. The van der Waals surface area contributed by atoms with Crippen LogP contribution in [0.3, 0.4) is 0 Å². The van der Waals surface area contributed by atoms with Gasteiger partial charge in [-0.25, -0.2) is 0 Å². The van der Waals surface area contributed by atoms with E-state index < -0.39 is 0 Å². The maximum Gasteiger partial charge on any atom is 0.120 e. The molecule has 0 amide bonds. The average molecular weight is 248 g/mol. The lowest BCUT2D eigenvalue weighted by atomic mass is 10.1. The Bertz CT molecular complexity index is 405. The van der Waals surface area contributed by atoms with Gasteiger partial charge in [-0.1, -0.05) is 17.7 Å². The van der Waals surface area contributed by atoms with Crippen LogP contribution < -0.4 is 0 Å². The number of benzene rings is 1. The molecule has 1 unspecified atom stereocenters. The molecule has 1 saturated heterocycles. The van der Waals surface area contributed by atoms with Crippen molar-refractivity contribution in [3.8, 4) is 5.75 Å². The molecular weight excluding hydrogens is 224 g/mol. The SMILES string of the molecule is Cc1ccc(O)c(CN2CCCN(C)CC2C)c1. The normalized spacial score (nSPS) is 22.9. The number of hydrogen-bond donors (Lipinski definition) is 1. The summed E-state index contributed by atoms with van der Waals surface area (Å²) in [5, 5.41) is 9.94. The predicted molar refractivity (Wildman–Crippen MR) is 74.8 cm³/mol. The molecule has 0 spiro atoms. The smallest absolute Gasteiger partial charge is 0.120 e. The molecule has 0 radical (unpaired) electrons. The van der Waals surface area contributed by atoms with E-state index in [9.17, 15) is 5.11 Å². The monoisotopic (exact) mass is 248 g/mol. The summed E-state index contributed by atoms with van der Waals surface area (Å²) in [6, 6.07) is 6.39. The van der Waals surface area contributed by atoms with E-state index in [0.717, 1.165) is 25.2 Å². The molecule has 18 heavy (non-hydrogen) atoms. The Labute approximate surface area is 110 Å². The Balaban J connectivity index is 2.09. The molecule has 1 aliphatic rings. The lowest BCUT2D eigenvalue weighted by Gasteiger charge is -2.28. The summed E-state index contributed by atoms with van der Waals surface area (Å²) in [4.78, 5) is 4.86. The summed E-state index contributed by atoms with van der Waals surface area (Å²) in [7, 11) is 2.18. The zero-order valence-electron chi connectivity index (χ0n) is 11.7. The van der Waals surface area contributed by atoms with Crippen molar-refractivity contribution in [3.05, 3.63) is 29.3 Å². The maximum atomic E-state index is 9.94. The summed E-state index contributed by atoms with van der Waals surface area (Å²) in [5.41, 5.74) is 2.26. The summed E-state index contributed by atoms with van der Waals surface area (Å²) in [6.07, 6.45) is 1.20. The highest BCUT2D eigenvalue weighted by atomic mass is 16.3. The van der Waals surface area contributed by atoms with Crippen LogP contribution >= 0.6 is 0 Å². The van der Waals surface area contributed by atoms with Crippen molar-refractivity contribution in [1.29, 1.82) is 0 Å². The fourth-order valence-electron chi connectivity index (χ4n) is 2.72. The van der Waals surface area contributed by atoms with Crippen molar-refractivity contribution in [3.63, 3.8) is 0 Å². The first kappa shape index (κ1) is 13.4. The number of aromatic hydroxyl groups is 1. The van der Waals surface area contributed by atoms with Gasteiger partial charge in [0.2, 0.25) is 0 Å². The van der Waals surface area contributed by atoms with Crippen LogP contribution in [0.5, 0.6) is 5.75 Å². The number of hydrogen-bond acceptors (Lipinski definition) is 3. The van der Waals surface area contributed by atoms with E-state index in [4.69, 9.17) is 0 Å². The molecule has 0 bridgehead atoms. The van der Waals surface area contributed by atoms with Crippen LogP contribution in [0.2, 0.25) is 0 Å².